The van der Waals surface area contributed by atoms with Gasteiger partial charge in [0, 0.05) is 26.2 Å². The van der Waals surface area contributed by atoms with Gasteiger partial charge in [0.15, 0.2) is 12.9 Å². The molecule has 0 radical (unpaired) electrons. The van der Waals surface area contributed by atoms with Crippen molar-refractivity contribution in [2.24, 2.45) is 0 Å². The number of piperazine rings is 1. The zero-order chi connectivity index (χ0) is 20.9. The Morgan fingerprint density at radius 3 is 2.41 bits per heavy atom. The first-order chi connectivity index (χ1) is 14.0. The molecule has 8 nitrogen and oxygen atoms in total. The van der Waals surface area contributed by atoms with E-state index in [4.69, 9.17) is 10.00 Å². The molecule has 0 aliphatic carbocycles. The second-order valence-corrected chi connectivity index (χ2v) is 8.24. The van der Waals surface area contributed by atoms with Crippen LogP contribution in [0, 0.1) is 11.3 Å². The van der Waals surface area contributed by atoms with Gasteiger partial charge in [-0.2, -0.15) is 9.57 Å². The molecule has 2 aromatic rings. The van der Waals surface area contributed by atoms with Crippen molar-refractivity contribution < 1.29 is 22.7 Å². The lowest BCUT2D eigenvalue weighted by atomic mass is 10.2. The van der Waals surface area contributed by atoms with Gasteiger partial charge in [-0.3, -0.25) is 9.59 Å². The number of benzene rings is 2. The minimum atomic E-state index is -3.82. The van der Waals surface area contributed by atoms with Crippen molar-refractivity contribution in [2.75, 3.05) is 32.8 Å². The summed E-state index contributed by atoms with van der Waals surface area (Å²) in [6.07, 6.45) is 0.655. The highest BCUT2D eigenvalue weighted by Gasteiger charge is 2.31. The van der Waals surface area contributed by atoms with Gasteiger partial charge >= 0.3 is 0 Å². The second kappa shape index (κ2) is 8.86. The lowest BCUT2D eigenvalue weighted by Crippen LogP contribution is -2.51. The third-order valence-corrected chi connectivity index (χ3v) is 6.57. The van der Waals surface area contributed by atoms with Crippen LogP contribution in [0.2, 0.25) is 0 Å². The van der Waals surface area contributed by atoms with Crippen molar-refractivity contribution in [3.8, 4) is 11.8 Å². The molecule has 1 saturated heterocycles. The maximum Gasteiger partial charge on any atom is 0.260 e. The third kappa shape index (κ3) is 4.45. The van der Waals surface area contributed by atoms with E-state index in [0.29, 0.717) is 17.6 Å². The molecule has 150 valence electrons. The number of hydrogen-bond acceptors (Lipinski definition) is 6. The number of aldehydes is 1. The fourth-order valence-corrected chi connectivity index (χ4v) is 4.61. The van der Waals surface area contributed by atoms with Crippen molar-refractivity contribution >= 4 is 22.2 Å². The van der Waals surface area contributed by atoms with Gasteiger partial charge in [0.05, 0.1) is 16.0 Å². The summed E-state index contributed by atoms with van der Waals surface area (Å²) in [4.78, 5) is 24.9. The van der Waals surface area contributed by atoms with Crippen LogP contribution in [0.1, 0.15) is 15.9 Å². The van der Waals surface area contributed by atoms with Gasteiger partial charge in [-0.15, -0.1) is 0 Å². The van der Waals surface area contributed by atoms with Crippen molar-refractivity contribution in [3.63, 3.8) is 0 Å². The largest absolute Gasteiger partial charge is 0.483 e. The molecule has 9 heteroatoms. The quantitative estimate of drug-likeness (QED) is 0.660. The zero-order valence-electron chi connectivity index (χ0n) is 15.5. The summed E-state index contributed by atoms with van der Waals surface area (Å²) in [6, 6.07) is 14.5. The summed E-state index contributed by atoms with van der Waals surface area (Å²) in [6.45, 7) is 0.434. The number of sulfonamides is 1. The zero-order valence-corrected chi connectivity index (χ0v) is 16.3. The Morgan fingerprint density at radius 2 is 1.72 bits per heavy atom. The van der Waals surface area contributed by atoms with Crippen molar-refractivity contribution in [1.29, 1.82) is 5.26 Å². The lowest BCUT2D eigenvalue weighted by Gasteiger charge is -2.34. The van der Waals surface area contributed by atoms with Gasteiger partial charge < -0.3 is 9.64 Å². The SMILES string of the molecule is N#Cc1ccccc1S(=O)(=O)N1CCN(C(=O)COc2ccccc2C=O)CC1. The van der Waals surface area contributed by atoms with Gasteiger partial charge in [-0.05, 0) is 24.3 Å². The van der Waals surface area contributed by atoms with Crippen LogP contribution >= 0.6 is 0 Å². The topological polar surface area (TPSA) is 108 Å². The number of carbonyl (C=O) groups excluding carboxylic acids is 2. The number of nitrogens with zero attached hydrogens (tertiary/aromatic N) is 3. The average molecular weight is 413 g/mol. The molecular weight excluding hydrogens is 394 g/mol. The number of carbonyl (C=O) groups is 2. The van der Waals surface area contributed by atoms with Gasteiger partial charge in [-0.1, -0.05) is 24.3 Å². The molecule has 2 aromatic carbocycles. The Bertz CT molecular complexity index is 1050. The predicted molar refractivity (Wildman–Crippen MR) is 104 cm³/mol. The van der Waals surface area contributed by atoms with Gasteiger partial charge in [0.2, 0.25) is 10.0 Å². The normalized spacial score (nSPS) is 14.8. The Morgan fingerprint density at radius 1 is 1.07 bits per heavy atom. The number of amides is 1. The Hall–Kier alpha value is -3.22. The number of ether oxygens (including phenoxy) is 1. The van der Waals surface area contributed by atoms with E-state index in [1.807, 2.05) is 6.07 Å². The van der Waals surface area contributed by atoms with E-state index < -0.39 is 10.0 Å². The molecule has 1 heterocycles. The summed E-state index contributed by atoms with van der Waals surface area (Å²) in [7, 11) is -3.82. The van der Waals surface area contributed by atoms with Crippen LogP contribution in [0.4, 0.5) is 0 Å². The van der Waals surface area contributed by atoms with Gasteiger partial charge in [0.1, 0.15) is 11.8 Å². The highest BCUT2D eigenvalue weighted by Crippen LogP contribution is 2.21. The summed E-state index contributed by atoms with van der Waals surface area (Å²) in [5.74, 6) is 0.0327. The maximum absolute atomic E-state index is 12.8. The third-order valence-electron chi connectivity index (χ3n) is 4.61. The molecule has 3 rings (SSSR count). The number of rotatable bonds is 6. The molecule has 0 N–H and O–H groups in total. The first-order valence-corrected chi connectivity index (χ1v) is 10.4. The Labute approximate surface area is 169 Å². The highest BCUT2D eigenvalue weighted by atomic mass is 32.2. The molecule has 0 aromatic heterocycles. The van der Waals surface area contributed by atoms with Crippen LogP contribution < -0.4 is 4.74 Å². The predicted octanol–water partition coefficient (Wildman–Crippen LogP) is 1.28. The summed E-state index contributed by atoms with van der Waals surface area (Å²) in [5, 5.41) is 9.16. The summed E-state index contributed by atoms with van der Waals surface area (Å²) >= 11 is 0. The van der Waals surface area contributed by atoms with E-state index in [0.717, 1.165) is 0 Å². The van der Waals surface area contributed by atoms with E-state index in [1.54, 1.807) is 36.4 Å². The molecule has 0 saturated carbocycles. The molecule has 0 unspecified atom stereocenters. The van der Waals surface area contributed by atoms with Crippen molar-refractivity contribution in [2.45, 2.75) is 4.90 Å². The fourth-order valence-electron chi connectivity index (χ4n) is 3.04. The average Bonchev–Trinajstić information content (AvgIpc) is 2.77. The van der Waals surface area contributed by atoms with E-state index in [9.17, 15) is 18.0 Å². The Kier molecular flexibility index (Phi) is 6.26. The van der Waals surface area contributed by atoms with E-state index >= 15 is 0 Å². The molecular formula is C20H19N3O5S. The molecule has 1 fully saturated rings. The van der Waals surface area contributed by atoms with Crippen molar-refractivity contribution in [3.05, 3.63) is 59.7 Å². The van der Waals surface area contributed by atoms with Crippen molar-refractivity contribution in [1.82, 2.24) is 9.21 Å². The smallest absolute Gasteiger partial charge is 0.260 e. The molecule has 1 aliphatic heterocycles. The van der Waals surface area contributed by atoms with Crippen LogP contribution in [0.5, 0.6) is 5.75 Å². The lowest BCUT2D eigenvalue weighted by molar-refractivity contribution is -0.134. The molecule has 0 spiro atoms. The van der Waals surface area contributed by atoms with Crippen LogP contribution in [-0.2, 0) is 14.8 Å². The van der Waals surface area contributed by atoms with Gasteiger partial charge in [-0.25, -0.2) is 8.42 Å². The summed E-state index contributed by atoms with van der Waals surface area (Å²) in [5.41, 5.74) is 0.445. The first-order valence-electron chi connectivity index (χ1n) is 8.91. The molecule has 29 heavy (non-hydrogen) atoms. The van der Waals surface area contributed by atoms with Gasteiger partial charge in [0.25, 0.3) is 5.91 Å². The first kappa shape index (κ1) is 20.5. The maximum atomic E-state index is 12.8. The number of para-hydroxylation sites is 1. The minimum Gasteiger partial charge on any atom is -0.483 e. The molecule has 1 aliphatic rings. The van der Waals surface area contributed by atoms with Crippen LogP contribution in [0.15, 0.2) is 53.4 Å². The molecule has 1 amide bonds. The minimum absolute atomic E-state index is 0.0314. The van der Waals surface area contributed by atoms with Crippen LogP contribution in [0.25, 0.3) is 0 Å². The standard InChI is InChI=1S/C20H19N3O5S/c21-13-16-5-2-4-8-19(16)29(26,27)23-11-9-22(10-12-23)20(25)15-28-18-7-3-1-6-17(18)14-24/h1-8,14H,9-12,15H2. The van der Waals surface area contributed by atoms with E-state index in [1.165, 1.54) is 21.3 Å². The number of hydrogen-bond donors (Lipinski definition) is 0. The monoisotopic (exact) mass is 413 g/mol. The molecule has 0 bridgehead atoms. The fraction of sp³-hybridized carbons (Fsp3) is 0.250. The molecule has 0 atom stereocenters. The highest BCUT2D eigenvalue weighted by molar-refractivity contribution is 7.89. The second-order valence-electron chi connectivity index (χ2n) is 6.34. The summed E-state index contributed by atoms with van der Waals surface area (Å²) < 4.78 is 32.4. The van der Waals surface area contributed by atoms with E-state index in [2.05, 4.69) is 0 Å². The number of nitriles is 1. The van der Waals surface area contributed by atoms with Crippen LogP contribution in [0.3, 0.4) is 0 Å². The Balaban J connectivity index is 1.61. The van der Waals surface area contributed by atoms with Crippen LogP contribution in [-0.4, -0.2) is 62.6 Å². The van der Waals surface area contributed by atoms with E-state index in [-0.39, 0.29) is 49.2 Å².